The van der Waals surface area contributed by atoms with Crippen LogP contribution in [0.2, 0.25) is 0 Å². The summed E-state index contributed by atoms with van der Waals surface area (Å²) in [5.74, 6) is 0.691. The average Bonchev–Trinajstić information content (AvgIpc) is 2.83. The Labute approximate surface area is 95.3 Å². The van der Waals surface area contributed by atoms with E-state index in [0.717, 1.165) is 12.8 Å². The number of ether oxygens (including phenoxy) is 1. The van der Waals surface area contributed by atoms with Crippen molar-refractivity contribution in [3.63, 3.8) is 0 Å². The van der Waals surface area contributed by atoms with Gasteiger partial charge in [0.15, 0.2) is 0 Å². The predicted molar refractivity (Wildman–Crippen MR) is 57.4 cm³/mol. The Morgan fingerprint density at radius 1 is 1.43 bits per heavy atom. The lowest BCUT2D eigenvalue weighted by atomic mass is 10.3. The molecular formula is C10H9BrClFO. The minimum atomic E-state index is -0.306. The van der Waals surface area contributed by atoms with Crippen molar-refractivity contribution >= 4 is 27.5 Å². The Kier molecular flexibility index (Phi) is 2.71. The minimum absolute atomic E-state index is 0.241. The number of hydrogen-bond donors (Lipinski definition) is 0. The number of rotatable bonds is 3. The third-order valence-corrected chi connectivity index (χ3v) is 3.17. The standard InChI is InChI=1S/C10H9BrClFO/c11-7-3-8(13)5-9(4-7)14-10(6-12)1-2-10/h3-5H,1-2,6H2. The van der Waals surface area contributed by atoms with Crippen molar-refractivity contribution in [1.82, 2.24) is 0 Å². The topological polar surface area (TPSA) is 9.23 Å². The first-order chi connectivity index (χ1) is 6.63. The maximum absolute atomic E-state index is 13.0. The summed E-state index contributed by atoms with van der Waals surface area (Å²) >= 11 is 8.96. The molecule has 4 heteroatoms. The molecule has 0 radical (unpaired) electrons. The highest BCUT2D eigenvalue weighted by Gasteiger charge is 2.44. The lowest BCUT2D eigenvalue weighted by Gasteiger charge is -2.15. The van der Waals surface area contributed by atoms with E-state index in [-0.39, 0.29) is 11.4 Å². The third-order valence-electron chi connectivity index (χ3n) is 2.22. The van der Waals surface area contributed by atoms with Gasteiger partial charge in [-0.05, 0) is 25.0 Å². The number of hydrogen-bond acceptors (Lipinski definition) is 1. The van der Waals surface area contributed by atoms with Gasteiger partial charge >= 0.3 is 0 Å². The van der Waals surface area contributed by atoms with Crippen LogP contribution in [0.1, 0.15) is 12.8 Å². The van der Waals surface area contributed by atoms with Crippen molar-refractivity contribution in [2.45, 2.75) is 18.4 Å². The zero-order valence-electron chi connectivity index (χ0n) is 7.40. The lowest BCUT2D eigenvalue weighted by molar-refractivity contribution is 0.203. The van der Waals surface area contributed by atoms with Gasteiger partial charge in [0, 0.05) is 10.5 Å². The monoisotopic (exact) mass is 278 g/mol. The van der Waals surface area contributed by atoms with Gasteiger partial charge in [-0.3, -0.25) is 0 Å². The van der Waals surface area contributed by atoms with Gasteiger partial charge in [0.1, 0.15) is 17.2 Å². The molecule has 0 aromatic heterocycles. The summed E-state index contributed by atoms with van der Waals surface area (Å²) in [7, 11) is 0. The fraction of sp³-hybridized carbons (Fsp3) is 0.400. The highest BCUT2D eigenvalue weighted by Crippen LogP contribution is 2.41. The fourth-order valence-electron chi connectivity index (χ4n) is 1.24. The average molecular weight is 280 g/mol. The van der Waals surface area contributed by atoms with E-state index in [1.54, 1.807) is 6.07 Å². The summed E-state index contributed by atoms with van der Waals surface area (Å²) in [4.78, 5) is 0. The Hall–Kier alpha value is -0.280. The van der Waals surface area contributed by atoms with Gasteiger partial charge in [0.2, 0.25) is 0 Å². The van der Waals surface area contributed by atoms with E-state index in [4.69, 9.17) is 16.3 Å². The Morgan fingerprint density at radius 2 is 2.14 bits per heavy atom. The summed E-state index contributed by atoms with van der Waals surface area (Å²) in [6.45, 7) is 0. The first-order valence-electron chi connectivity index (χ1n) is 4.35. The third kappa shape index (κ3) is 2.20. The fourth-order valence-corrected chi connectivity index (χ4v) is 2.01. The van der Waals surface area contributed by atoms with Gasteiger partial charge in [-0.1, -0.05) is 15.9 Å². The van der Waals surface area contributed by atoms with Crippen molar-refractivity contribution in [1.29, 1.82) is 0 Å². The highest BCUT2D eigenvalue weighted by atomic mass is 79.9. The Morgan fingerprint density at radius 3 is 2.64 bits per heavy atom. The normalized spacial score (nSPS) is 17.9. The molecule has 0 N–H and O–H groups in total. The van der Waals surface area contributed by atoms with E-state index in [2.05, 4.69) is 15.9 Å². The van der Waals surface area contributed by atoms with E-state index in [1.807, 2.05) is 0 Å². The van der Waals surface area contributed by atoms with Gasteiger partial charge in [0.05, 0.1) is 5.88 Å². The zero-order chi connectivity index (χ0) is 10.2. The van der Waals surface area contributed by atoms with E-state index >= 15 is 0 Å². The first-order valence-corrected chi connectivity index (χ1v) is 5.67. The number of halogens is 3. The lowest BCUT2D eigenvalue weighted by Crippen LogP contribution is -2.19. The molecule has 0 atom stereocenters. The molecule has 14 heavy (non-hydrogen) atoms. The second-order valence-electron chi connectivity index (χ2n) is 3.52. The molecule has 76 valence electrons. The summed E-state index contributed by atoms with van der Waals surface area (Å²) in [5, 5.41) is 0. The van der Waals surface area contributed by atoms with Gasteiger partial charge in [-0.15, -0.1) is 11.6 Å². The maximum atomic E-state index is 13.0. The molecule has 0 aliphatic heterocycles. The molecular weight excluding hydrogens is 270 g/mol. The molecule has 0 amide bonds. The molecule has 0 saturated heterocycles. The van der Waals surface area contributed by atoms with Gasteiger partial charge < -0.3 is 4.74 Å². The van der Waals surface area contributed by atoms with Crippen molar-refractivity contribution < 1.29 is 9.13 Å². The molecule has 0 heterocycles. The molecule has 1 fully saturated rings. The molecule has 0 unspecified atom stereocenters. The van der Waals surface area contributed by atoms with Crippen LogP contribution in [-0.2, 0) is 0 Å². The molecule has 0 bridgehead atoms. The predicted octanol–water partition coefficient (Wildman–Crippen LogP) is 3.74. The molecule has 1 aromatic rings. The van der Waals surface area contributed by atoms with E-state index in [1.165, 1.54) is 12.1 Å². The van der Waals surface area contributed by atoms with Crippen LogP contribution in [0.15, 0.2) is 22.7 Å². The number of benzene rings is 1. The smallest absolute Gasteiger partial charge is 0.128 e. The van der Waals surface area contributed by atoms with Crippen LogP contribution in [0, 0.1) is 5.82 Å². The molecule has 1 nitrogen and oxygen atoms in total. The maximum Gasteiger partial charge on any atom is 0.128 e. The van der Waals surface area contributed by atoms with E-state index in [0.29, 0.717) is 16.1 Å². The van der Waals surface area contributed by atoms with Crippen molar-refractivity contribution in [3.8, 4) is 5.75 Å². The Bertz CT molecular complexity index is 332. The van der Waals surface area contributed by atoms with E-state index in [9.17, 15) is 4.39 Å². The summed E-state index contributed by atoms with van der Waals surface area (Å²) in [5.41, 5.74) is -0.241. The van der Waals surface area contributed by atoms with Crippen LogP contribution < -0.4 is 4.74 Å². The highest BCUT2D eigenvalue weighted by molar-refractivity contribution is 9.10. The van der Waals surface area contributed by atoms with Crippen LogP contribution in [0.3, 0.4) is 0 Å². The van der Waals surface area contributed by atoms with Gasteiger partial charge in [-0.25, -0.2) is 4.39 Å². The summed E-state index contributed by atoms with van der Waals surface area (Å²) < 4.78 is 19.3. The first kappa shape index (κ1) is 10.2. The molecule has 1 aliphatic carbocycles. The van der Waals surface area contributed by atoms with Crippen LogP contribution >= 0.6 is 27.5 Å². The second-order valence-corrected chi connectivity index (χ2v) is 4.71. The van der Waals surface area contributed by atoms with E-state index < -0.39 is 0 Å². The van der Waals surface area contributed by atoms with Crippen molar-refractivity contribution in [3.05, 3.63) is 28.5 Å². The van der Waals surface area contributed by atoms with Crippen LogP contribution in [-0.4, -0.2) is 11.5 Å². The minimum Gasteiger partial charge on any atom is -0.486 e. The van der Waals surface area contributed by atoms with Gasteiger partial charge in [0.25, 0.3) is 0 Å². The summed E-state index contributed by atoms with van der Waals surface area (Å²) in [6, 6.07) is 4.51. The quantitative estimate of drug-likeness (QED) is 0.766. The number of alkyl halides is 1. The van der Waals surface area contributed by atoms with Crippen molar-refractivity contribution in [2.75, 3.05) is 5.88 Å². The molecule has 1 saturated carbocycles. The van der Waals surface area contributed by atoms with Gasteiger partial charge in [-0.2, -0.15) is 0 Å². The zero-order valence-corrected chi connectivity index (χ0v) is 9.74. The Balaban J connectivity index is 2.16. The SMILES string of the molecule is Fc1cc(Br)cc(OC2(CCl)CC2)c1. The molecule has 0 spiro atoms. The summed E-state index contributed by atoms with van der Waals surface area (Å²) in [6.07, 6.45) is 1.90. The van der Waals surface area contributed by atoms with Crippen molar-refractivity contribution in [2.24, 2.45) is 0 Å². The second kappa shape index (κ2) is 3.70. The molecule has 2 rings (SSSR count). The van der Waals surface area contributed by atoms with Crippen LogP contribution in [0.4, 0.5) is 4.39 Å². The largest absolute Gasteiger partial charge is 0.486 e. The molecule has 1 aromatic carbocycles. The van der Waals surface area contributed by atoms with Crippen LogP contribution in [0.25, 0.3) is 0 Å². The van der Waals surface area contributed by atoms with Crippen LogP contribution in [0.5, 0.6) is 5.75 Å². The molecule has 1 aliphatic rings.